The van der Waals surface area contributed by atoms with E-state index in [0.29, 0.717) is 5.75 Å². The summed E-state index contributed by atoms with van der Waals surface area (Å²) in [6, 6.07) is 11.0. The second-order valence-electron chi connectivity index (χ2n) is 4.96. The van der Waals surface area contributed by atoms with Crippen LogP contribution >= 0.6 is 0 Å². The predicted molar refractivity (Wildman–Crippen MR) is 86.5 cm³/mol. The molecule has 0 saturated carbocycles. The van der Waals surface area contributed by atoms with Crippen LogP contribution in [0, 0.1) is 10.1 Å². The highest BCUT2D eigenvalue weighted by Crippen LogP contribution is 2.29. The van der Waals surface area contributed by atoms with E-state index in [1.807, 2.05) is 0 Å². The summed E-state index contributed by atoms with van der Waals surface area (Å²) in [5.74, 6) is 0.131. The van der Waals surface area contributed by atoms with Crippen molar-refractivity contribution in [3.63, 3.8) is 0 Å². The lowest BCUT2D eigenvalue weighted by atomic mass is 10.1. The van der Waals surface area contributed by atoms with Gasteiger partial charge in [0.2, 0.25) is 0 Å². The Balaban J connectivity index is 2.16. The zero-order valence-corrected chi connectivity index (χ0v) is 13.5. The maximum Gasteiger partial charge on any atom is 0.338 e. The Labute approximate surface area is 138 Å². The van der Waals surface area contributed by atoms with Crippen molar-refractivity contribution in [3.05, 3.63) is 63.7 Å². The van der Waals surface area contributed by atoms with Crippen LogP contribution in [-0.2, 0) is 4.74 Å². The number of benzene rings is 2. The number of nitro groups is 1. The highest BCUT2D eigenvalue weighted by atomic mass is 16.6. The maximum atomic E-state index is 12.2. The first kappa shape index (κ1) is 17.3. The first-order valence-corrected chi connectivity index (χ1v) is 7.13. The summed E-state index contributed by atoms with van der Waals surface area (Å²) >= 11 is 0. The number of hydrogen-bond donors (Lipinski definition) is 0. The Kier molecular flexibility index (Phi) is 5.36. The molecule has 7 heteroatoms. The molecule has 0 aliphatic carbocycles. The Morgan fingerprint density at radius 2 is 1.75 bits per heavy atom. The van der Waals surface area contributed by atoms with Crippen molar-refractivity contribution in [2.45, 2.75) is 13.0 Å². The second kappa shape index (κ2) is 7.45. The molecule has 1 unspecified atom stereocenters. The average Bonchev–Trinajstić information content (AvgIpc) is 2.60. The highest BCUT2D eigenvalue weighted by molar-refractivity contribution is 5.90. The number of methoxy groups -OCH3 is 2. The first-order chi connectivity index (χ1) is 11.5. The van der Waals surface area contributed by atoms with Crippen LogP contribution in [0.25, 0.3) is 0 Å². The quantitative estimate of drug-likeness (QED) is 0.457. The van der Waals surface area contributed by atoms with E-state index in [0.717, 1.165) is 11.6 Å². The molecule has 2 rings (SSSR count). The zero-order chi connectivity index (χ0) is 17.7. The fourth-order valence-electron chi connectivity index (χ4n) is 2.13. The van der Waals surface area contributed by atoms with Crippen LogP contribution in [0.4, 0.5) is 5.69 Å². The Hall–Kier alpha value is -3.09. The molecule has 0 radical (unpaired) electrons. The van der Waals surface area contributed by atoms with Crippen molar-refractivity contribution in [2.75, 3.05) is 14.2 Å². The summed E-state index contributed by atoms with van der Waals surface area (Å²) in [5.41, 5.74) is 0.582. The van der Waals surface area contributed by atoms with E-state index in [9.17, 15) is 14.9 Å². The molecule has 0 spiro atoms. The molecule has 0 aliphatic rings. The monoisotopic (exact) mass is 331 g/mol. The molecule has 7 nitrogen and oxygen atoms in total. The van der Waals surface area contributed by atoms with Gasteiger partial charge < -0.3 is 14.2 Å². The van der Waals surface area contributed by atoms with Gasteiger partial charge >= 0.3 is 11.7 Å². The number of hydrogen-bond acceptors (Lipinski definition) is 6. The zero-order valence-electron chi connectivity index (χ0n) is 13.5. The van der Waals surface area contributed by atoms with Crippen LogP contribution in [0.3, 0.4) is 0 Å². The third-order valence-corrected chi connectivity index (χ3v) is 3.48. The van der Waals surface area contributed by atoms with Gasteiger partial charge in [-0.1, -0.05) is 12.1 Å². The molecule has 0 saturated heterocycles. The minimum Gasteiger partial charge on any atom is -0.497 e. The normalized spacial score (nSPS) is 11.5. The van der Waals surface area contributed by atoms with Gasteiger partial charge in [-0.05, 0) is 36.8 Å². The van der Waals surface area contributed by atoms with Gasteiger partial charge in [0.25, 0.3) is 0 Å². The molecule has 1 atom stereocenters. The Morgan fingerprint density at radius 3 is 2.29 bits per heavy atom. The van der Waals surface area contributed by atoms with Crippen molar-refractivity contribution in [3.8, 4) is 11.5 Å². The number of nitro benzene ring substituents is 1. The first-order valence-electron chi connectivity index (χ1n) is 7.13. The number of carbonyl (C=O) groups excluding carboxylic acids is 1. The van der Waals surface area contributed by atoms with Crippen molar-refractivity contribution < 1.29 is 23.9 Å². The lowest BCUT2D eigenvalue weighted by Crippen LogP contribution is -2.10. The van der Waals surface area contributed by atoms with Gasteiger partial charge in [-0.25, -0.2) is 4.79 Å². The third kappa shape index (κ3) is 3.81. The molecule has 126 valence electrons. The Morgan fingerprint density at radius 1 is 1.08 bits per heavy atom. The van der Waals surface area contributed by atoms with Gasteiger partial charge in [-0.3, -0.25) is 10.1 Å². The lowest BCUT2D eigenvalue weighted by molar-refractivity contribution is -0.385. The molecule has 24 heavy (non-hydrogen) atoms. The van der Waals surface area contributed by atoms with Crippen LogP contribution < -0.4 is 9.47 Å². The van der Waals surface area contributed by atoms with E-state index in [4.69, 9.17) is 14.2 Å². The van der Waals surface area contributed by atoms with Gasteiger partial charge in [-0.2, -0.15) is 0 Å². The molecule has 0 aliphatic heterocycles. The van der Waals surface area contributed by atoms with Gasteiger partial charge in [0.15, 0.2) is 5.75 Å². The van der Waals surface area contributed by atoms with Crippen molar-refractivity contribution in [2.24, 2.45) is 0 Å². The van der Waals surface area contributed by atoms with Gasteiger partial charge in [0, 0.05) is 6.07 Å². The van der Waals surface area contributed by atoms with Gasteiger partial charge in [0.05, 0.1) is 24.7 Å². The third-order valence-electron chi connectivity index (χ3n) is 3.48. The largest absolute Gasteiger partial charge is 0.497 e. The molecule has 0 heterocycles. The van der Waals surface area contributed by atoms with Gasteiger partial charge in [0.1, 0.15) is 11.9 Å². The van der Waals surface area contributed by atoms with E-state index in [-0.39, 0.29) is 17.0 Å². The number of nitrogens with zero attached hydrogens (tertiary/aromatic N) is 1. The van der Waals surface area contributed by atoms with Crippen LogP contribution in [0.2, 0.25) is 0 Å². The van der Waals surface area contributed by atoms with Crippen LogP contribution in [-0.4, -0.2) is 25.1 Å². The summed E-state index contributed by atoms with van der Waals surface area (Å²) < 4.78 is 15.3. The van der Waals surface area contributed by atoms with E-state index < -0.39 is 17.0 Å². The summed E-state index contributed by atoms with van der Waals surface area (Å²) in [4.78, 5) is 22.6. The standard InChI is InChI=1S/C17H17NO6/c1-11(12-4-7-14(22-2)8-5-12)24-17(19)13-6-9-16(23-3)15(10-13)18(20)21/h4-11H,1-3H3. The maximum absolute atomic E-state index is 12.2. The lowest BCUT2D eigenvalue weighted by Gasteiger charge is -2.14. The van der Waals surface area contributed by atoms with Gasteiger partial charge in [-0.15, -0.1) is 0 Å². The van der Waals surface area contributed by atoms with Crippen molar-refractivity contribution in [1.29, 1.82) is 0 Å². The fourth-order valence-corrected chi connectivity index (χ4v) is 2.13. The van der Waals surface area contributed by atoms with E-state index in [1.165, 1.54) is 19.2 Å². The molecule has 0 bridgehead atoms. The SMILES string of the molecule is COc1ccc(C(C)OC(=O)c2ccc(OC)c([N+](=O)[O-])c2)cc1. The van der Waals surface area contributed by atoms with E-state index >= 15 is 0 Å². The number of carbonyl (C=O) groups is 1. The number of ether oxygens (including phenoxy) is 3. The Bertz CT molecular complexity index is 741. The van der Waals surface area contributed by atoms with Crippen LogP contribution in [0.15, 0.2) is 42.5 Å². The molecular weight excluding hydrogens is 314 g/mol. The minimum absolute atomic E-state index is 0.0831. The molecule has 0 fully saturated rings. The predicted octanol–water partition coefficient (Wildman–Crippen LogP) is 3.53. The molecular formula is C17H17NO6. The van der Waals surface area contributed by atoms with Crippen LogP contribution in [0.1, 0.15) is 28.9 Å². The average molecular weight is 331 g/mol. The molecule has 0 aromatic heterocycles. The van der Waals surface area contributed by atoms with Crippen molar-refractivity contribution in [1.82, 2.24) is 0 Å². The summed E-state index contributed by atoms with van der Waals surface area (Å²) in [6.45, 7) is 1.72. The molecule has 0 N–H and O–H groups in total. The fraction of sp³-hybridized carbons (Fsp3) is 0.235. The topological polar surface area (TPSA) is 87.9 Å². The number of rotatable bonds is 6. The summed E-state index contributed by atoms with van der Waals surface area (Å²) in [5, 5.41) is 11.0. The summed E-state index contributed by atoms with van der Waals surface area (Å²) in [7, 11) is 2.89. The minimum atomic E-state index is -0.649. The molecule has 2 aromatic rings. The molecule has 2 aromatic carbocycles. The smallest absolute Gasteiger partial charge is 0.338 e. The number of esters is 1. The second-order valence-corrected chi connectivity index (χ2v) is 4.96. The van der Waals surface area contributed by atoms with Crippen molar-refractivity contribution >= 4 is 11.7 Å². The summed E-state index contributed by atoms with van der Waals surface area (Å²) in [6.07, 6.45) is -0.510. The van der Waals surface area contributed by atoms with Crippen LogP contribution in [0.5, 0.6) is 11.5 Å². The highest BCUT2D eigenvalue weighted by Gasteiger charge is 2.20. The van der Waals surface area contributed by atoms with E-state index in [2.05, 4.69) is 0 Å². The van der Waals surface area contributed by atoms with E-state index in [1.54, 1.807) is 38.3 Å². The molecule has 0 amide bonds.